The first-order chi connectivity index (χ1) is 14.2. The first-order valence-electron chi connectivity index (χ1n) is 9.96. The van der Waals surface area contributed by atoms with Gasteiger partial charge in [-0.05, 0) is 37.3 Å². The fourth-order valence-corrected chi connectivity index (χ4v) is 3.96. The van der Waals surface area contributed by atoms with Gasteiger partial charge in [-0.1, -0.05) is 26.0 Å². The summed E-state index contributed by atoms with van der Waals surface area (Å²) in [5, 5.41) is 0. The number of ether oxygens (including phenoxy) is 1. The second kappa shape index (κ2) is 8.64. The summed E-state index contributed by atoms with van der Waals surface area (Å²) in [6.07, 6.45) is 1.98. The van der Waals surface area contributed by atoms with E-state index in [1.807, 2.05) is 0 Å². The molecule has 1 aromatic rings. The van der Waals surface area contributed by atoms with Gasteiger partial charge in [-0.2, -0.15) is 0 Å². The summed E-state index contributed by atoms with van der Waals surface area (Å²) in [4.78, 5) is 64.6. The van der Waals surface area contributed by atoms with Crippen LogP contribution in [0.15, 0.2) is 24.3 Å². The highest BCUT2D eigenvalue weighted by atomic mass is 16.5. The molecule has 3 rings (SSSR count). The van der Waals surface area contributed by atoms with Crippen molar-refractivity contribution in [2.45, 2.75) is 45.2 Å². The molecule has 9 heteroatoms. The van der Waals surface area contributed by atoms with Gasteiger partial charge in [0.25, 0.3) is 17.7 Å². The molecule has 0 aliphatic carbocycles. The minimum absolute atomic E-state index is 0.231. The zero-order valence-corrected chi connectivity index (χ0v) is 17.0. The fourth-order valence-electron chi connectivity index (χ4n) is 3.96. The number of esters is 1. The van der Waals surface area contributed by atoms with E-state index in [0.717, 1.165) is 17.7 Å². The summed E-state index contributed by atoms with van der Waals surface area (Å²) in [7, 11) is 0. The number of primary amides is 1. The molecular formula is C21H25N3O6. The molecule has 0 aromatic heterocycles. The molecule has 1 saturated heterocycles. The van der Waals surface area contributed by atoms with Crippen LogP contribution in [0.3, 0.4) is 0 Å². The van der Waals surface area contributed by atoms with Crippen LogP contribution < -0.4 is 5.73 Å². The number of rotatable bonds is 6. The monoisotopic (exact) mass is 415 g/mol. The highest BCUT2D eigenvalue weighted by molar-refractivity contribution is 6.22. The van der Waals surface area contributed by atoms with Crippen LogP contribution in [0.1, 0.15) is 53.8 Å². The lowest BCUT2D eigenvalue weighted by Gasteiger charge is -2.33. The van der Waals surface area contributed by atoms with Crippen LogP contribution in [-0.2, 0) is 19.1 Å². The summed E-state index contributed by atoms with van der Waals surface area (Å²) in [6.45, 7) is 3.14. The van der Waals surface area contributed by atoms with Gasteiger partial charge < -0.3 is 15.4 Å². The molecule has 0 spiro atoms. The third kappa shape index (κ3) is 3.92. The number of nitrogens with zero attached hydrogens (tertiary/aromatic N) is 2. The molecule has 9 nitrogen and oxygen atoms in total. The third-order valence-corrected chi connectivity index (χ3v) is 5.47. The van der Waals surface area contributed by atoms with Gasteiger partial charge >= 0.3 is 5.97 Å². The Kier molecular flexibility index (Phi) is 6.19. The number of carbonyl (C=O) groups excluding carboxylic acids is 5. The Hall–Kier alpha value is -3.23. The number of hydrogen-bond acceptors (Lipinski definition) is 6. The molecule has 0 radical (unpaired) electrons. The Morgan fingerprint density at radius 1 is 1.10 bits per heavy atom. The number of benzene rings is 1. The zero-order chi connectivity index (χ0) is 22.0. The van der Waals surface area contributed by atoms with Crippen LogP contribution in [0, 0.1) is 5.92 Å². The average Bonchev–Trinajstić information content (AvgIpc) is 2.97. The van der Waals surface area contributed by atoms with E-state index in [0.29, 0.717) is 13.0 Å². The highest BCUT2D eigenvalue weighted by Gasteiger charge is 2.45. The average molecular weight is 415 g/mol. The van der Waals surface area contributed by atoms with Crippen LogP contribution >= 0.6 is 0 Å². The minimum atomic E-state index is -1.17. The Balaban J connectivity index is 1.71. The maximum Gasteiger partial charge on any atom is 0.330 e. The molecule has 0 saturated carbocycles. The molecule has 0 unspecified atom stereocenters. The minimum Gasteiger partial charge on any atom is -0.454 e. The molecule has 1 aromatic carbocycles. The maximum atomic E-state index is 12.8. The van der Waals surface area contributed by atoms with Crippen molar-refractivity contribution in [3.8, 4) is 0 Å². The number of imide groups is 1. The quantitative estimate of drug-likeness (QED) is 0.539. The predicted molar refractivity (Wildman–Crippen MR) is 105 cm³/mol. The van der Waals surface area contributed by atoms with Gasteiger partial charge in [-0.25, -0.2) is 4.79 Å². The maximum absolute atomic E-state index is 12.8. The van der Waals surface area contributed by atoms with Crippen LogP contribution in [0.5, 0.6) is 0 Å². The van der Waals surface area contributed by atoms with E-state index in [-0.39, 0.29) is 11.1 Å². The van der Waals surface area contributed by atoms with Gasteiger partial charge in [0.05, 0.1) is 11.1 Å². The first-order valence-corrected chi connectivity index (χ1v) is 9.96. The van der Waals surface area contributed by atoms with Crippen molar-refractivity contribution in [2.24, 2.45) is 11.7 Å². The summed E-state index contributed by atoms with van der Waals surface area (Å²) < 4.78 is 5.19. The van der Waals surface area contributed by atoms with Crippen molar-refractivity contribution in [3.05, 3.63) is 35.4 Å². The van der Waals surface area contributed by atoms with E-state index >= 15 is 0 Å². The van der Waals surface area contributed by atoms with E-state index in [1.165, 1.54) is 17.0 Å². The van der Waals surface area contributed by atoms with Gasteiger partial charge in [-0.15, -0.1) is 0 Å². The molecule has 2 atom stereocenters. The van der Waals surface area contributed by atoms with Crippen LogP contribution in [-0.4, -0.2) is 64.6 Å². The lowest BCUT2D eigenvalue weighted by molar-refractivity contribution is -0.158. The van der Waals surface area contributed by atoms with Crippen molar-refractivity contribution in [2.75, 3.05) is 13.2 Å². The topological polar surface area (TPSA) is 127 Å². The second-order valence-electron chi connectivity index (χ2n) is 7.82. The van der Waals surface area contributed by atoms with E-state index in [2.05, 4.69) is 0 Å². The highest BCUT2D eigenvalue weighted by Crippen LogP contribution is 2.27. The summed E-state index contributed by atoms with van der Waals surface area (Å²) in [6, 6.07) is 4.45. The van der Waals surface area contributed by atoms with Crippen molar-refractivity contribution in [1.29, 1.82) is 0 Å². The van der Waals surface area contributed by atoms with Crippen molar-refractivity contribution >= 4 is 29.6 Å². The van der Waals surface area contributed by atoms with E-state index in [9.17, 15) is 24.0 Å². The lowest BCUT2D eigenvalue weighted by Crippen LogP contribution is -2.52. The van der Waals surface area contributed by atoms with Crippen molar-refractivity contribution in [3.63, 3.8) is 0 Å². The predicted octanol–water partition coefficient (Wildman–Crippen LogP) is 0.717. The van der Waals surface area contributed by atoms with Gasteiger partial charge in [0.15, 0.2) is 6.61 Å². The van der Waals surface area contributed by atoms with E-state index in [4.69, 9.17) is 10.5 Å². The zero-order valence-electron chi connectivity index (χ0n) is 17.0. The van der Waals surface area contributed by atoms with Gasteiger partial charge in [-0.3, -0.25) is 24.1 Å². The van der Waals surface area contributed by atoms with E-state index < -0.39 is 54.2 Å². The molecule has 2 aliphatic heterocycles. The standard InChI is InChI=1S/C21H25N3O6/c1-12(2)17(24-19(27)13-7-3-4-8-14(13)20(24)28)21(29)30-11-16(25)23-10-6-5-9-15(23)18(22)26/h3-4,7-8,12,15,17H,5-6,9-11H2,1-2H3,(H2,22,26)/t15-,17+/m1/s1. The Bertz CT molecular complexity index is 861. The van der Waals surface area contributed by atoms with E-state index in [1.54, 1.807) is 26.0 Å². The van der Waals surface area contributed by atoms with Crippen LogP contribution in [0.25, 0.3) is 0 Å². The number of likely N-dealkylation sites (tertiary alicyclic amines) is 1. The molecule has 4 amide bonds. The third-order valence-electron chi connectivity index (χ3n) is 5.47. The number of hydrogen-bond donors (Lipinski definition) is 1. The van der Waals surface area contributed by atoms with Gasteiger partial charge in [0.1, 0.15) is 12.1 Å². The lowest BCUT2D eigenvalue weighted by atomic mass is 10.0. The van der Waals surface area contributed by atoms with Crippen molar-refractivity contribution in [1.82, 2.24) is 9.80 Å². The number of amides is 4. The second-order valence-corrected chi connectivity index (χ2v) is 7.82. The fraction of sp³-hybridized carbons (Fsp3) is 0.476. The summed E-state index contributed by atoms with van der Waals surface area (Å²) >= 11 is 0. The molecule has 2 heterocycles. The molecule has 160 valence electrons. The number of piperidine rings is 1. The number of carbonyl (C=O) groups is 5. The van der Waals surface area contributed by atoms with Crippen LogP contribution in [0.2, 0.25) is 0 Å². The Labute approximate surface area is 174 Å². The summed E-state index contributed by atoms with van der Waals surface area (Å²) in [5.74, 6) is -3.54. The van der Waals surface area contributed by atoms with Crippen LogP contribution in [0.4, 0.5) is 0 Å². The van der Waals surface area contributed by atoms with Gasteiger partial charge in [0.2, 0.25) is 5.91 Å². The largest absolute Gasteiger partial charge is 0.454 e. The summed E-state index contributed by atoms with van der Waals surface area (Å²) in [5.41, 5.74) is 5.83. The Morgan fingerprint density at radius 3 is 2.23 bits per heavy atom. The molecule has 30 heavy (non-hydrogen) atoms. The molecule has 1 fully saturated rings. The number of nitrogens with two attached hydrogens (primary N) is 1. The SMILES string of the molecule is CC(C)[C@@H](C(=O)OCC(=O)N1CCCC[C@@H]1C(N)=O)N1C(=O)c2ccccc2C1=O. The normalized spacial score (nSPS) is 19.6. The molecule has 0 bridgehead atoms. The smallest absolute Gasteiger partial charge is 0.330 e. The molecular weight excluding hydrogens is 390 g/mol. The van der Waals surface area contributed by atoms with Crippen molar-refractivity contribution < 1.29 is 28.7 Å². The molecule has 2 N–H and O–H groups in total. The Morgan fingerprint density at radius 2 is 1.70 bits per heavy atom. The first kappa shape index (κ1) is 21.5. The molecule has 2 aliphatic rings. The van der Waals surface area contributed by atoms with Gasteiger partial charge in [0, 0.05) is 6.54 Å². The number of fused-ring (bicyclic) bond motifs is 1.